The molecule has 4 aliphatic carbocycles. The molecule has 16 heteroatoms. The predicted molar refractivity (Wildman–Crippen MR) is 253 cm³/mol. The van der Waals surface area contributed by atoms with Crippen LogP contribution in [0.2, 0.25) is 0 Å². The molecule has 0 saturated heterocycles. The maximum Gasteiger partial charge on any atom is 0.319 e. The van der Waals surface area contributed by atoms with Gasteiger partial charge in [0, 0.05) is 55.6 Å². The van der Waals surface area contributed by atoms with E-state index in [1.165, 1.54) is 26.3 Å². The van der Waals surface area contributed by atoms with Crippen LogP contribution < -0.4 is 32.3 Å². The van der Waals surface area contributed by atoms with Gasteiger partial charge >= 0.3 is 12.0 Å². The van der Waals surface area contributed by atoms with Crippen molar-refractivity contribution in [3.63, 3.8) is 0 Å². The van der Waals surface area contributed by atoms with Crippen LogP contribution >= 0.6 is 0 Å². The molecule has 9 N–H and O–H groups in total. The van der Waals surface area contributed by atoms with Gasteiger partial charge in [-0.3, -0.25) is 28.8 Å². The molecule has 0 spiro atoms. The number of primary amides is 1. The standard InChI is InChI=1S/C51H64N8O8/c1-31-12-6-8-16-38(31)58-50(67)53-19-11-10-18-40(47(64)57-42(25-45(61)62)49(66)59(2)43(46(52)63)23-32-13-4-3-5-14-32)56-48(65)41(24-36-30-54-39-17-9-7-15-37(36)39)55-44(60)29-51-26-33-20-34(27-51)22-35(21-33)28-51/h3-9,12-17,30,33-35,40-43,54H,10-11,18-29H2,1-2H3,(H2,52,63)(H,55,60)(H,56,65)(H,57,64)(H,61,62)(H2,53,58,67)/t33?,34?,35?,40-,41-,42-,43-,51?/m0/s1. The normalized spacial score (nSPS) is 21.0. The van der Waals surface area contributed by atoms with Gasteiger partial charge in [0.05, 0.1) is 6.42 Å². The van der Waals surface area contributed by atoms with E-state index in [1.54, 1.807) is 42.6 Å². The van der Waals surface area contributed by atoms with Crippen molar-refractivity contribution in [1.82, 2.24) is 31.2 Å². The summed E-state index contributed by atoms with van der Waals surface area (Å²) >= 11 is 0. The van der Waals surface area contributed by atoms with Gasteiger partial charge in [0.25, 0.3) is 0 Å². The van der Waals surface area contributed by atoms with Gasteiger partial charge in [0.15, 0.2) is 0 Å². The first kappa shape index (κ1) is 48.2. The molecule has 16 nitrogen and oxygen atoms in total. The van der Waals surface area contributed by atoms with E-state index in [0.29, 0.717) is 48.3 Å². The number of rotatable bonds is 22. The van der Waals surface area contributed by atoms with Crippen molar-refractivity contribution in [1.29, 1.82) is 0 Å². The molecule has 4 atom stereocenters. The van der Waals surface area contributed by atoms with Crippen LogP contribution in [0.4, 0.5) is 10.5 Å². The first-order chi connectivity index (χ1) is 32.1. The minimum atomic E-state index is -1.64. The first-order valence-electron chi connectivity index (χ1n) is 23.5. The number of likely N-dealkylation sites (N-methyl/N-ethyl adjacent to an activating group) is 1. The molecule has 8 rings (SSSR count). The number of amides is 7. The lowest BCUT2D eigenvalue weighted by Gasteiger charge is -2.56. The summed E-state index contributed by atoms with van der Waals surface area (Å²) in [6, 6.07) is 18.2. The molecule has 356 valence electrons. The lowest BCUT2D eigenvalue weighted by molar-refractivity contribution is -0.146. The highest BCUT2D eigenvalue weighted by molar-refractivity contribution is 5.97. The Morgan fingerprint density at radius 1 is 0.776 bits per heavy atom. The fourth-order valence-electron chi connectivity index (χ4n) is 11.2. The van der Waals surface area contributed by atoms with Crippen LogP contribution in [-0.2, 0) is 41.6 Å². The van der Waals surface area contributed by atoms with E-state index < -0.39 is 66.2 Å². The van der Waals surface area contributed by atoms with E-state index in [2.05, 4.69) is 31.6 Å². The summed E-state index contributed by atoms with van der Waals surface area (Å²) in [7, 11) is 1.32. The summed E-state index contributed by atoms with van der Waals surface area (Å²) in [6.07, 6.45) is 8.88. The molecular formula is C51H64N8O8. The SMILES string of the molecule is Cc1ccccc1NC(=O)NCCCC[C@H](NC(=O)[C@H](Cc1c[nH]c2ccccc12)NC(=O)CC12CC3CC(CC(C3)C1)C2)C(=O)N[C@@H](CC(=O)O)C(=O)N(C)[C@@H](Cc1ccccc1)C(N)=O. The Labute approximate surface area is 391 Å². The number of para-hydroxylation sites is 2. The third-order valence-corrected chi connectivity index (χ3v) is 14.1. The van der Waals surface area contributed by atoms with Crippen molar-refractivity contribution in [2.45, 2.75) is 115 Å². The zero-order chi connectivity index (χ0) is 47.7. The molecule has 1 aromatic heterocycles. The van der Waals surface area contributed by atoms with Crippen LogP contribution in [0.1, 0.15) is 87.3 Å². The third kappa shape index (κ3) is 12.6. The van der Waals surface area contributed by atoms with Gasteiger partial charge in [-0.15, -0.1) is 0 Å². The number of nitrogens with one attached hydrogen (secondary N) is 6. The number of carbonyl (C=O) groups is 7. The van der Waals surface area contributed by atoms with Crippen LogP contribution in [0.25, 0.3) is 10.9 Å². The van der Waals surface area contributed by atoms with Gasteiger partial charge < -0.3 is 47.3 Å². The third-order valence-electron chi connectivity index (χ3n) is 14.1. The number of unbranched alkanes of at least 4 members (excludes halogenated alkanes) is 1. The number of aromatic nitrogens is 1. The topological polar surface area (TPSA) is 245 Å². The Morgan fingerprint density at radius 3 is 2.07 bits per heavy atom. The molecule has 0 unspecified atom stereocenters. The number of carboxylic acids is 1. The number of H-pyrrole nitrogens is 1. The maximum atomic E-state index is 14.6. The number of carboxylic acid groups (broad SMARTS) is 1. The number of hydrogen-bond acceptors (Lipinski definition) is 7. The Bertz CT molecular complexity index is 2400. The Balaban J connectivity index is 1.09. The zero-order valence-electron chi connectivity index (χ0n) is 38.4. The first-order valence-corrected chi connectivity index (χ1v) is 23.5. The highest BCUT2D eigenvalue weighted by Crippen LogP contribution is 2.61. The number of urea groups is 1. The fraction of sp³-hybridized carbons (Fsp3) is 0.471. The highest BCUT2D eigenvalue weighted by atomic mass is 16.4. The predicted octanol–water partition coefficient (Wildman–Crippen LogP) is 5.10. The van der Waals surface area contributed by atoms with E-state index >= 15 is 0 Å². The van der Waals surface area contributed by atoms with Gasteiger partial charge in [0.1, 0.15) is 24.2 Å². The lowest BCUT2D eigenvalue weighted by Crippen LogP contribution is -2.59. The number of aliphatic carboxylic acids is 1. The fourth-order valence-corrected chi connectivity index (χ4v) is 11.2. The van der Waals surface area contributed by atoms with Crippen LogP contribution in [0.3, 0.4) is 0 Å². The van der Waals surface area contributed by atoms with Crippen LogP contribution in [0.15, 0.2) is 85.1 Å². The van der Waals surface area contributed by atoms with Gasteiger partial charge in [0.2, 0.25) is 29.5 Å². The Hall–Kier alpha value is -6.71. The van der Waals surface area contributed by atoms with Crippen molar-refractivity contribution < 1.29 is 38.7 Å². The summed E-state index contributed by atoms with van der Waals surface area (Å²) in [6.45, 7) is 2.10. The van der Waals surface area contributed by atoms with E-state index in [1.807, 2.05) is 49.4 Å². The smallest absolute Gasteiger partial charge is 0.319 e. The van der Waals surface area contributed by atoms with E-state index in [-0.39, 0.29) is 37.1 Å². The van der Waals surface area contributed by atoms with Crippen molar-refractivity contribution in [2.24, 2.45) is 28.9 Å². The van der Waals surface area contributed by atoms with Crippen molar-refractivity contribution >= 4 is 58.1 Å². The summed E-state index contributed by atoms with van der Waals surface area (Å²) in [5.74, 6) is -2.88. The number of benzene rings is 3. The van der Waals surface area contributed by atoms with Gasteiger partial charge in [-0.1, -0.05) is 66.7 Å². The molecule has 4 saturated carbocycles. The average Bonchev–Trinajstić information content (AvgIpc) is 3.69. The number of nitrogens with two attached hydrogens (primary N) is 1. The number of anilines is 1. The number of carbonyl (C=O) groups excluding carboxylic acids is 6. The number of aryl methyl sites for hydroxylation is 1. The zero-order valence-corrected chi connectivity index (χ0v) is 38.4. The quantitative estimate of drug-likeness (QED) is 0.0492. The molecule has 0 aliphatic heterocycles. The molecule has 7 amide bonds. The molecule has 1 heterocycles. The highest BCUT2D eigenvalue weighted by Gasteiger charge is 2.51. The summed E-state index contributed by atoms with van der Waals surface area (Å²) in [4.78, 5) is 99.1. The second-order valence-electron chi connectivity index (χ2n) is 19.2. The van der Waals surface area contributed by atoms with E-state index in [9.17, 15) is 38.7 Å². The van der Waals surface area contributed by atoms with Crippen LogP contribution in [0, 0.1) is 30.1 Å². The second kappa shape index (κ2) is 21.7. The maximum absolute atomic E-state index is 14.6. The number of aromatic amines is 1. The minimum absolute atomic E-state index is 0.0292. The molecule has 67 heavy (non-hydrogen) atoms. The average molecular weight is 917 g/mol. The van der Waals surface area contributed by atoms with Crippen molar-refractivity contribution in [2.75, 3.05) is 18.9 Å². The number of hydrogen-bond donors (Lipinski definition) is 8. The Morgan fingerprint density at radius 2 is 1.40 bits per heavy atom. The molecule has 3 aromatic carbocycles. The van der Waals surface area contributed by atoms with Crippen LogP contribution in [-0.4, -0.2) is 94.3 Å². The molecular weight excluding hydrogens is 853 g/mol. The van der Waals surface area contributed by atoms with Crippen molar-refractivity contribution in [3.05, 3.63) is 102 Å². The van der Waals surface area contributed by atoms with Gasteiger partial charge in [-0.05, 0) is 117 Å². The van der Waals surface area contributed by atoms with Gasteiger partial charge in [-0.2, -0.15) is 0 Å². The second-order valence-corrected chi connectivity index (χ2v) is 19.2. The molecule has 4 aliphatic rings. The van der Waals surface area contributed by atoms with E-state index in [4.69, 9.17) is 5.73 Å². The summed E-state index contributed by atoms with van der Waals surface area (Å²) in [5.41, 5.74) is 9.56. The van der Waals surface area contributed by atoms with Gasteiger partial charge in [-0.25, -0.2) is 4.79 Å². The largest absolute Gasteiger partial charge is 0.481 e. The number of fused-ring (bicyclic) bond motifs is 1. The van der Waals surface area contributed by atoms with E-state index in [0.717, 1.165) is 46.2 Å². The number of nitrogens with zero attached hydrogens (tertiary/aromatic N) is 1. The minimum Gasteiger partial charge on any atom is -0.481 e. The molecule has 4 aromatic rings. The molecule has 0 radical (unpaired) electrons. The molecule has 4 bridgehead atoms. The molecule has 4 fully saturated rings. The monoisotopic (exact) mass is 916 g/mol. The lowest BCUT2D eigenvalue weighted by atomic mass is 9.49. The van der Waals surface area contributed by atoms with Crippen LogP contribution in [0.5, 0.6) is 0 Å². The summed E-state index contributed by atoms with van der Waals surface area (Å²) in [5, 5.41) is 24.9. The summed E-state index contributed by atoms with van der Waals surface area (Å²) < 4.78 is 0. The Kier molecular flexibility index (Phi) is 15.6. The van der Waals surface area contributed by atoms with Crippen molar-refractivity contribution in [3.8, 4) is 0 Å².